The third-order valence-corrected chi connectivity index (χ3v) is 5.06. The SMILES string of the molecule is COc1cc(-c2nc3ccc(N=C/C=C\N)cc3n2C2(C)COC2)c(F)c(O)c1O. The third-order valence-electron chi connectivity index (χ3n) is 5.06. The predicted octanol–water partition coefficient (Wildman–Crippen LogP) is 3.18. The highest BCUT2D eigenvalue weighted by Crippen LogP contribution is 2.45. The Morgan fingerprint density at radius 2 is 2.07 bits per heavy atom. The minimum atomic E-state index is -0.986. The second-order valence-corrected chi connectivity index (χ2v) is 7.23. The number of phenols is 2. The topological polar surface area (TPSA) is 115 Å². The molecule has 0 unspecified atom stereocenters. The van der Waals surface area contributed by atoms with Crippen molar-refractivity contribution in [3.63, 3.8) is 0 Å². The summed E-state index contributed by atoms with van der Waals surface area (Å²) in [5, 5.41) is 20.0. The van der Waals surface area contributed by atoms with Gasteiger partial charge in [0, 0.05) is 6.21 Å². The molecule has 4 N–H and O–H groups in total. The molecule has 1 saturated heterocycles. The van der Waals surface area contributed by atoms with Crippen LogP contribution in [0.2, 0.25) is 0 Å². The van der Waals surface area contributed by atoms with E-state index < -0.39 is 22.9 Å². The fourth-order valence-electron chi connectivity index (χ4n) is 3.51. The maximum absolute atomic E-state index is 15.0. The van der Waals surface area contributed by atoms with Gasteiger partial charge in [-0.05, 0) is 43.5 Å². The first-order chi connectivity index (χ1) is 14.4. The van der Waals surface area contributed by atoms with Gasteiger partial charge in [0.25, 0.3) is 0 Å². The lowest BCUT2D eigenvalue weighted by molar-refractivity contribution is -0.0868. The summed E-state index contributed by atoms with van der Waals surface area (Å²) in [6.07, 6.45) is 4.55. The number of ether oxygens (including phenoxy) is 2. The van der Waals surface area contributed by atoms with Crippen LogP contribution in [-0.4, -0.2) is 46.3 Å². The van der Waals surface area contributed by atoms with E-state index in [4.69, 9.17) is 15.2 Å². The number of aromatic nitrogens is 2. The quantitative estimate of drug-likeness (QED) is 0.438. The molecular formula is C21H21FN4O4. The summed E-state index contributed by atoms with van der Waals surface area (Å²) in [5.74, 6) is -2.32. The number of imidazole rings is 1. The van der Waals surface area contributed by atoms with Crippen molar-refractivity contribution in [1.82, 2.24) is 9.55 Å². The van der Waals surface area contributed by atoms with Gasteiger partial charge in [-0.15, -0.1) is 0 Å². The first-order valence-electron chi connectivity index (χ1n) is 9.20. The van der Waals surface area contributed by atoms with E-state index in [1.807, 2.05) is 17.6 Å². The highest BCUT2D eigenvalue weighted by Gasteiger charge is 2.39. The molecule has 0 bridgehead atoms. The molecule has 2 aromatic carbocycles. The summed E-state index contributed by atoms with van der Waals surface area (Å²) in [7, 11) is 1.32. The van der Waals surface area contributed by atoms with Crippen LogP contribution >= 0.6 is 0 Å². The summed E-state index contributed by atoms with van der Waals surface area (Å²) in [4.78, 5) is 8.94. The van der Waals surface area contributed by atoms with E-state index in [0.717, 1.165) is 5.52 Å². The van der Waals surface area contributed by atoms with Gasteiger partial charge in [0.05, 0.1) is 48.1 Å². The number of methoxy groups -OCH3 is 1. The number of aromatic hydroxyl groups is 2. The second kappa shape index (κ2) is 7.34. The maximum atomic E-state index is 15.0. The van der Waals surface area contributed by atoms with E-state index in [0.29, 0.717) is 24.4 Å². The van der Waals surface area contributed by atoms with Crippen LogP contribution < -0.4 is 10.5 Å². The molecule has 1 fully saturated rings. The fraction of sp³-hybridized carbons (Fsp3) is 0.238. The maximum Gasteiger partial charge on any atom is 0.203 e. The summed E-state index contributed by atoms with van der Waals surface area (Å²) in [6, 6.07) is 6.73. The van der Waals surface area contributed by atoms with Gasteiger partial charge >= 0.3 is 0 Å². The molecule has 1 aromatic heterocycles. The Balaban J connectivity index is 1.99. The van der Waals surface area contributed by atoms with E-state index in [1.54, 1.807) is 24.4 Å². The third kappa shape index (κ3) is 3.03. The first kappa shape index (κ1) is 19.7. The smallest absolute Gasteiger partial charge is 0.203 e. The van der Waals surface area contributed by atoms with Crippen molar-refractivity contribution >= 4 is 22.9 Å². The van der Waals surface area contributed by atoms with Crippen molar-refractivity contribution in [2.75, 3.05) is 20.3 Å². The molecule has 1 aliphatic rings. The van der Waals surface area contributed by atoms with Gasteiger partial charge in [-0.1, -0.05) is 0 Å². The monoisotopic (exact) mass is 412 g/mol. The zero-order chi connectivity index (χ0) is 21.5. The molecule has 1 aliphatic heterocycles. The molecule has 3 aromatic rings. The average Bonchev–Trinajstić information content (AvgIpc) is 3.09. The molecule has 0 saturated carbocycles. The first-order valence-corrected chi connectivity index (χ1v) is 9.20. The lowest BCUT2D eigenvalue weighted by atomic mass is 9.98. The number of allylic oxidation sites excluding steroid dienone is 1. The minimum absolute atomic E-state index is 0.00240. The summed E-state index contributed by atoms with van der Waals surface area (Å²) < 4.78 is 27.4. The Hall–Kier alpha value is -3.59. The van der Waals surface area contributed by atoms with Gasteiger partial charge in [0.1, 0.15) is 5.82 Å². The van der Waals surface area contributed by atoms with E-state index in [2.05, 4.69) is 9.98 Å². The predicted molar refractivity (Wildman–Crippen MR) is 111 cm³/mol. The number of aliphatic imine (C=N–C) groups is 1. The second-order valence-electron chi connectivity index (χ2n) is 7.23. The average molecular weight is 412 g/mol. The van der Waals surface area contributed by atoms with Gasteiger partial charge in [0.2, 0.25) is 5.75 Å². The fourth-order valence-corrected chi connectivity index (χ4v) is 3.51. The summed E-state index contributed by atoms with van der Waals surface area (Å²) >= 11 is 0. The van der Waals surface area contributed by atoms with Crippen LogP contribution in [0, 0.1) is 5.82 Å². The molecule has 0 aliphatic carbocycles. The van der Waals surface area contributed by atoms with Crippen molar-refractivity contribution in [2.45, 2.75) is 12.5 Å². The van der Waals surface area contributed by atoms with Crippen molar-refractivity contribution in [2.24, 2.45) is 10.7 Å². The van der Waals surface area contributed by atoms with Crippen molar-refractivity contribution in [1.29, 1.82) is 0 Å². The standard InChI is InChI=1S/C21H21FN4O4/c1-21(10-30-11-21)26-15-8-12(24-7-3-6-23)4-5-14(15)25-20(26)13-9-16(29-2)18(27)19(28)17(13)22/h3-9,27-28H,10-11,23H2,1-2H3/b6-3-,24-7?. The number of nitrogens with two attached hydrogens (primary N) is 1. The molecule has 0 radical (unpaired) electrons. The van der Waals surface area contributed by atoms with Crippen LogP contribution in [-0.2, 0) is 10.3 Å². The Bertz CT molecular complexity index is 1180. The number of fused-ring (bicyclic) bond motifs is 1. The number of nitrogens with zero attached hydrogens (tertiary/aromatic N) is 3. The molecule has 30 heavy (non-hydrogen) atoms. The minimum Gasteiger partial charge on any atom is -0.502 e. The van der Waals surface area contributed by atoms with Crippen LogP contribution in [0.5, 0.6) is 17.2 Å². The van der Waals surface area contributed by atoms with Crippen LogP contribution in [0.1, 0.15) is 6.92 Å². The van der Waals surface area contributed by atoms with Gasteiger partial charge in [-0.2, -0.15) is 0 Å². The van der Waals surface area contributed by atoms with E-state index in [1.165, 1.54) is 19.4 Å². The Morgan fingerprint density at radius 3 is 2.70 bits per heavy atom. The molecule has 4 rings (SSSR count). The number of hydrogen-bond acceptors (Lipinski definition) is 7. The molecule has 2 heterocycles. The zero-order valence-electron chi connectivity index (χ0n) is 16.5. The largest absolute Gasteiger partial charge is 0.502 e. The highest BCUT2D eigenvalue weighted by molar-refractivity contribution is 5.86. The molecule has 8 nitrogen and oxygen atoms in total. The van der Waals surface area contributed by atoms with Crippen LogP contribution in [0.15, 0.2) is 41.5 Å². The summed E-state index contributed by atoms with van der Waals surface area (Å²) in [5.41, 5.74) is 6.88. The molecule has 0 spiro atoms. The molecule has 156 valence electrons. The lowest BCUT2D eigenvalue weighted by Crippen LogP contribution is -2.49. The van der Waals surface area contributed by atoms with Gasteiger partial charge in [-0.25, -0.2) is 9.37 Å². The highest BCUT2D eigenvalue weighted by atomic mass is 19.1. The number of phenolic OH excluding ortho intramolecular Hbond substituents is 2. The molecule has 0 amide bonds. The Labute approximate surface area is 171 Å². The van der Waals surface area contributed by atoms with Gasteiger partial charge < -0.3 is 30.0 Å². The lowest BCUT2D eigenvalue weighted by Gasteiger charge is -2.40. The van der Waals surface area contributed by atoms with Crippen molar-refractivity contribution in [3.8, 4) is 28.6 Å². The number of hydrogen-bond donors (Lipinski definition) is 3. The van der Waals surface area contributed by atoms with Crippen LogP contribution in [0.3, 0.4) is 0 Å². The van der Waals surface area contributed by atoms with Gasteiger partial charge in [0.15, 0.2) is 17.3 Å². The normalized spacial score (nSPS) is 15.8. The van der Waals surface area contributed by atoms with E-state index >= 15 is 0 Å². The van der Waals surface area contributed by atoms with E-state index in [9.17, 15) is 14.6 Å². The van der Waals surface area contributed by atoms with Crippen LogP contribution in [0.4, 0.5) is 10.1 Å². The Kier molecular flexibility index (Phi) is 4.83. The molecular weight excluding hydrogens is 391 g/mol. The molecule has 9 heteroatoms. The number of benzene rings is 2. The van der Waals surface area contributed by atoms with Gasteiger partial charge in [-0.3, -0.25) is 4.99 Å². The number of rotatable bonds is 5. The Morgan fingerprint density at radius 1 is 1.30 bits per heavy atom. The molecule has 0 atom stereocenters. The van der Waals surface area contributed by atoms with Crippen molar-refractivity contribution in [3.05, 3.63) is 42.4 Å². The zero-order valence-corrected chi connectivity index (χ0v) is 16.5. The van der Waals surface area contributed by atoms with Crippen LogP contribution in [0.25, 0.3) is 22.4 Å². The van der Waals surface area contributed by atoms with E-state index in [-0.39, 0.29) is 17.1 Å². The number of halogens is 1. The summed E-state index contributed by atoms with van der Waals surface area (Å²) in [6.45, 7) is 2.80. The van der Waals surface area contributed by atoms with Crippen molar-refractivity contribution < 1.29 is 24.1 Å².